The average Bonchev–Trinajstić information content (AvgIpc) is 3.48. The zero-order valence-corrected chi connectivity index (χ0v) is 22.0. The molecule has 3 heteroatoms. The summed E-state index contributed by atoms with van der Waals surface area (Å²) in [6.45, 7) is 14.0. The van der Waals surface area contributed by atoms with Crippen molar-refractivity contribution in [3.63, 3.8) is 0 Å². The van der Waals surface area contributed by atoms with E-state index in [1.807, 2.05) is 0 Å². The molecule has 2 atom stereocenters. The first kappa shape index (κ1) is 26.6. The van der Waals surface area contributed by atoms with E-state index >= 15 is 0 Å². The van der Waals surface area contributed by atoms with Gasteiger partial charge in [-0.3, -0.25) is 4.79 Å². The summed E-state index contributed by atoms with van der Waals surface area (Å²) in [6, 6.07) is 0. The number of allylic oxidation sites excluding steroid dienone is 5. The molecule has 0 amide bonds. The molecule has 0 spiro atoms. The molecule has 3 saturated carbocycles. The van der Waals surface area contributed by atoms with Crippen molar-refractivity contribution in [3.05, 3.63) is 47.6 Å². The molecule has 3 aliphatic rings. The van der Waals surface area contributed by atoms with Crippen LogP contribution in [0.3, 0.4) is 0 Å². The number of hydrogen-bond donors (Lipinski definition) is 1. The largest absolute Gasteiger partial charge is 0.458 e. The highest BCUT2D eigenvalue weighted by atomic mass is 16.5. The summed E-state index contributed by atoms with van der Waals surface area (Å²) in [6.07, 6.45) is 20.0. The van der Waals surface area contributed by atoms with Crippen LogP contribution in [0.15, 0.2) is 47.6 Å². The lowest BCUT2D eigenvalue weighted by Gasteiger charge is -2.40. The predicted octanol–water partition coefficient (Wildman–Crippen LogP) is 7.23. The average molecular weight is 465 g/mol. The van der Waals surface area contributed by atoms with Gasteiger partial charge in [-0.25, -0.2) is 0 Å². The van der Waals surface area contributed by atoms with E-state index in [2.05, 4.69) is 56.6 Å². The van der Waals surface area contributed by atoms with Crippen LogP contribution in [-0.2, 0) is 9.53 Å². The van der Waals surface area contributed by atoms with E-state index in [9.17, 15) is 9.90 Å². The molecule has 0 aromatic rings. The van der Waals surface area contributed by atoms with E-state index in [4.69, 9.17) is 4.74 Å². The molecule has 0 radical (unpaired) electrons. The van der Waals surface area contributed by atoms with Crippen molar-refractivity contribution in [2.24, 2.45) is 16.7 Å². The Hall–Kier alpha value is -2.05. The number of ether oxygens (including phenoxy) is 1. The van der Waals surface area contributed by atoms with Gasteiger partial charge in [0.1, 0.15) is 11.7 Å². The molecule has 0 aromatic heterocycles. The van der Waals surface area contributed by atoms with Crippen LogP contribution in [0.1, 0.15) is 98.8 Å². The Morgan fingerprint density at radius 3 is 2.59 bits per heavy atom. The summed E-state index contributed by atoms with van der Waals surface area (Å²) in [4.78, 5) is 11.4. The van der Waals surface area contributed by atoms with E-state index in [0.29, 0.717) is 5.92 Å². The molecule has 0 saturated heterocycles. The quantitative estimate of drug-likeness (QED) is 0.256. The van der Waals surface area contributed by atoms with Gasteiger partial charge in [0.15, 0.2) is 0 Å². The highest BCUT2D eigenvalue weighted by Gasteiger charge is 2.40. The first-order chi connectivity index (χ1) is 15.9. The highest BCUT2D eigenvalue weighted by molar-refractivity contribution is 5.66. The first-order valence-electron chi connectivity index (χ1n) is 13.1. The molecular weight excluding hydrogens is 420 g/mol. The number of rotatable bonds is 6. The molecule has 1 N–H and O–H groups in total. The zero-order valence-electron chi connectivity index (χ0n) is 22.0. The van der Waals surface area contributed by atoms with Gasteiger partial charge >= 0.3 is 5.97 Å². The summed E-state index contributed by atoms with van der Waals surface area (Å²) in [5, 5.41) is 9.85. The van der Waals surface area contributed by atoms with Crippen LogP contribution in [0.2, 0.25) is 0 Å². The summed E-state index contributed by atoms with van der Waals surface area (Å²) in [5.74, 6) is 6.46. The third-order valence-electron chi connectivity index (χ3n) is 7.77. The molecule has 0 aromatic carbocycles. The van der Waals surface area contributed by atoms with Crippen LogP contribution in [0.5, 0.6) is 0 Å². The van der Waals surface area contributed by atoms with E-state index in [-0.39, 0.29) is 22.9 Å². The number of esters is 1. The number of carbonyl (C=O) groups is 1. The van der Waals surface area contributed by atoms with Crippen LogP contribution in [-0.4, -0.2) is 22.8 Å². The lowest BCUT2D eigenvalue weighted by Crippen LogP contribution is -2.29. The molecule has 186 valence electrons. The van der Waals surface area contributed by atoms with Crippen LogP contribution in [0.25, 0.3) is 0 Å². The highest BCUT2D eigenvalue weighted by Crippen LogP contribution is 2.51. The van der Waals surface area contributed by atoms with Gasteiger partial charge < -0.3 is 9.84 Å². The summed E-state index contributed by atoms with van der Waals surface area (Å²) in [7, 11) is 0. The fourth-order valence-corrected chi connectivity index (χ4v) is 5.47. The third-order valence-corrected chi connectivity index (χ3v) is 7.77. The number of aliphatic hydroxyl groups is 1. The molecule has 0 aliphatic heterocycles. The second-order valence-corrected chi connectivity index (χ2v) is 11.9. The standard InChI is InChI=1S/C31H44O3/c1-23-25(11-7-14-28(23)34-24(2)32)15-16-26-12-8-17-29(3,4)27(26)13-9-19-31(21-22-31)20-10-18-30(5,6)33/h9,15-16,19,27-28,33H,1,7-8,11-14,17,20-22H2,2-6H3/b19-9+,25-15-,26-16+. The molecule has 3 aliphatic carbocycles. The van der Waals surface area contributed by atoms with Gasteiger partial charge in [-0.05, 0) is 99.5 Å². The van der Waals surface area contributed by atoms with Crippen molar-refractivity contribution in [1.29, 1.82) is 0 Å². The van der Waals surface area contributed by atoms with Gasteiger partial charge in [-0.15, -0.1) is 0 Å². The second-order valence-electron chi connectivity index (χ2n) is 11.9. The van der Waals surface area contributed by atoms with Crippen molar-refractivity contribution in [2.75, 3.05) is 0 Å². The topological polar surface area (TPSA) is 46.5 Å². The van der Waals surface area contributed by atoms with Gasteiger partial charge in [0.2, 0.25) is 0 Å². The molecule has 34 heavy (non-hydrogen) atoms. The van der Waals surface area contributed by atoms with Crippen LogP contribution < -0.4 is 0 Å². The minimum Gasteiger partial charge on any atom is -0.458 e. The Kier molecular flexibility index (Phi) is 8.35. The number of hydrogen-bond acceptors (Lipinski definition) is 3. The van der Waals surface area contributed by atoms with Crippen LogP contribution in [0.4, 0.5) is 0 Å². The lowest BCUT2D eigenvalue weighted by molar-refractivity contribution is -0.145. The normalized spacial score (nSPS) is 28.6. The van der Waals surface area contributed by atoms with E-state index in [1.54, 1.807) is 13.8 Å². The van der Waals surface area contributed by atoms with Crippen LogP contribution in [0, 0.1) is 28.6 Å². The van der Waals surface area contributed by atoms with Crippen LogP contribution >= 0.6 is 0 Å². The Morgan fingerprint density at radius 1 is 1.21 bits per heavy atom. The minimum atomic E-state index is -0.915. The summed E-state index contributed by atoms with van der Waals surface area (Å²) >= 11 is 0. The third kappa shape index (κ3) is 7.47. The van der Waals surface area contributed by atoms with Crippen molar-refractivity contribution in [3.8, 4) is 11.8 Å². The number of carbonyl (C=O) groups excluding carboxylic acids is 1. The lowest BCUT2D eigenvalue weighted by atomic mass is 9.65. The monoisotopic (exact) mass is 464 g/mol. The van der Waals surface area contributed by atoms with E-state index < -0.39 is 5.60 Å². The molecule has 3 rings (SSSR count). The van der Waals surface area contributed by atoms with Gasteiger partial charge in [-0.1, -0.05) is 62.1 Å². The smallest absolute Gasteiger partial charge is 0.303 e. The molecule has 3 fully saturated rings. The summed E-state index contributed by atoms with van der Waals surface area (Å²) < 4.78 is 5.48. The van der Waals surface area contributed by atoms with Gasteiger partial charge in [0.05, 0.1) is 0 Å². The zero-order chi connectivity index (χ0) is 25.0. The SMILES string of the molecule is C=C1/C(=C\C=C2/CCCC(C)(C)C2C/C=C/C2(CC#CC(C)(C)O)CC2)CCCC1OC(C)=O. The molecule has 0 bridgehead atoms. The Balaban J connectivity index is 1.71. The fraction of sp³-hybridized carbons (Fsp3) is 0.645. The minimum absolute atomic E-state index is 0.174. The predicted molar refractivity (Wildman–Crippen MR) is 140 cm³/mol. The van der Waals surface area contributed by atoms with Gasteiger partial charge in [-0.2, -0.15) is 0 Å². The Labute approximate surface area is 207 Å². The fourth-order valence-electron chi connectivity index (χ4n) is 5.47. The van der Waals surface area contributed by atoms with E-state index in [0.717, 1.165) is 44.1 Å². The molecule has 0 heterocycles. The van der Waals surface area contributed by atoms with Crippen molar-refractivity contribution < 1.29 is 14.6 Å². The van der Waals surface area contributed by atoms with Gasteiger partial charge in [0.25, 0.3) is 0 Å². The summed E-state index contributed by atoms with van der Waals surface area (Å²) in [5.41, 5.74) is 3.30. The molecule has 3 nitrogen and oxygen atoms in total. The van der Waals surface area contributed by atoms with Gasteiger partial charge in [0, 0.05) is 13.3 Å². The maximum Gasteiger partial charge on any atom is 0.303 e. The first-order valence-corrected chi connectivity index (χ1v) is 13.1. The second kappa shape index (κ2) is 10.7. The Morgan fingerprint density at radius 2 is 1.94 bits per heavy atom. The van der Waals surface area contributed by atoms with Crippen molar-refractivity contribution >= 4 is 5.97 Å². The molecule has 2 unspecified atom stereocenters. The van der Waals surface area contributed by atoms with E-state index in [1.165, 1.54) is 43.8 Å². The molecular formula is C31H44O3. The Bertz CT molecular complexity index is 922. The van der Waals surface area contributed by atoms with Crippen molar-refractivity contribution in [2.45, 2.75) is 111 Å². The maximum atomic E-state index is 11.4. The van der Waals surface area contributed by atoms with Crippen molar-refractivity contribution in [1.82, 2.24) is 0 Å². The maximum absolute atomic E-state index is 11.4.